The number of carbonyl (C=O) groups excluding carboxylic acids is 1. The molecule has 0 unspecified atom stereocenters. The number of nitrogens with zero attached hydrogens (tertiary/aromatic N) is 1. The third-order valence-corrected chi connectivity index (χ3v) is 6.81. The molecule has 1 heterocycles. The number of hydrogen-bond donors (Lipinski definition) is 2. The number of carbonyl (C=O) groups is 1. The minimum absolute atomic E-state index is 0.0621. The van der Waals surface area contributed by atoms with Crippen molar-refractivity contribution in [2.45, 2.75) is 69.4 Å². The largest absolute Gasteiger partial charge is 0.486 e. The van der Waals surface area contributed by atoms with E-state index in [9.17, 15) is 26.4 Å². The second kappa shape index (κ2) is 9.47. The Morgan fingerprint density at radius 2 is 1.81 bits per heavy atom. The number of amides is 1. The van der Waals surface area contributed by atoms with Gasteiger partial charge in [0.2, 0.25) is 0 Å². The van der Waals surface area contributed by atoms with E-state index in [1.165, 1.54) is 18.2 Å². The van der Waals surface area contributed by atoms with Crippen LogP contribution in [0.2, 0.25) is 0 Å². The molecular weight excluding hydrogens is 499 g/mol. The van der Waals surface area contributed by atoms with Gasteiger partial charge in [-0.25, -0.2) is 13.2 Å². The zero-order valence-corrected chi connectivity index (χ0v) is 21.5. The van der Waals surface area contributed by atoms with E-state index >= 15 is 0 Å². The lowest BCUT2D eigenvalue weighted by molar-refractivity contribution is -0.137. The molecule has 2 aromatic rings. The second-order valence-electron chi connectivity index (χ2n) is 10.3. The van der Waals surface area contributed by atoms with E-state index in [0.717, 1.165) is 22.5 Å². The first-order valence-corrected chi connectivity index (χ1v) is 12.6. The standard InChI is InChI=1S/C24H30F3N3O5S/c1-22(2,3)35-21(31)29-16-9-10-20-19(12-16)30(14-17(34-20)13-23(4,5)28)36(32,33)18-8-6-7-15(11-18)24(25,26)27/h6-12,17H,13-14,28H2,1-5H3,(H,29,31)/t17-/m1/s1. The average molecular weight is 530 g/mol. The summed E-state index contributed by atoms with van der Waals surface area (Å²) in [5.41, 5.74) is 3.84. The smallest absolute Gasteiger partial charge is 0.416 e. The Labute approximate surface area is 208 Å². The third kappa shape index (κ3) is 6.82. The third-order valence-electron chi connectivity index (χ3n) is 5.04. The van der Waals surface area contributed by atoms with Gasteiger partial charge in [-0.15, -0.1) is 0 Å². The first-order chi connectivity index (χ1) is 16.3. The molecule has 0 aliphatic carbocycles. The van der Waals surface area contributed by atoms with E-state index in [0.29, 0.717) is 6.07 Å². The second-order valence-corrected chi connectivity index (χ2v) is 12.2. The number of alkyl halides is 3. The number of ether oxygens (including phenoxy) is 2. The van der Waals surface area contributed by atoms with Crippen LogP contribution in [0.4, 0.5) is 29.3 Å². The van der Waals surface area contributed by atoms with Gasteiger partial charge in [-0.3, -0.25) is 9.62 Å². The maximum absolute atomic E-state index is 13.6. The molecule has 0 aromatic heterocycles. The molecule has 0 saturated carbocycles. The van der Waals surface area contributed by atoms with Crippen LogP contribution in [0.15, 0.2) is 47.4 Å². The Morgan fingerprint density at radius 1 is 1.14 bits per heavy atom. The fraction of sp³-hybridized carbons (Fsp3) is 0.458. The molecule has 0 fully saturated rings. The summed E-state index contributed by atoms with van der Waals surface area (Å²) in [6.07, 6.45) is -5.86. The molecule has 1 atom stereocenters. The highest BCUT2D eigenvalue weighted by Crippen LogP contribution is 2.41. The van der Waals surface area contributed by atoms with Gasteiger partial charge in [0.25, 0.3) is 10.0 Å². The van der Waals surface area contributed by atoms with Crippen molar-refractivity contribution in [3.8, 4) is 5.75 Å². The summed E-state index contributed by atoms with van der Waals surface area (Å²) in [4.78, 5) is 11.7. The topological polar surface area (TPSA) is 111 Å². The summed E-state index contributed by atoms with van der Waals surface area (Å²) in [5.74, 6) is 0.181. The summed E-state index contributed by atoms with van der Waals surface area (Å²) in [5, 5.41) is 2.53. The van der Waals surface area contributed by atoms with Gasteiger partial charge in [-0.2, -0.15) is 13.2 Å². The molecule has 1 aliphatic heterocycles. The Balaban J connectivity index is 2.05. The van der Waals surface area contributed by atoms with Crippen molar-refractivity contribution in [1.82, 2.24) is 0 Å². The van der Waals surface area contributed by atoms with Crippen molar-refractivity contribution in [3.05, 3.63) is 48.0 Å². The van der Waals surface area contributed by atoms with Crippen LogP contribution in [0.3, 0.4) is 0 Å². The molecule has 1 amide bonds. The number of rotatable bonds is 5. The number of nitrogens with two attached hydrogens (primary N) is 1. The van der Waals surface area contributed by atoms with Crippen molar-refractivity contribution in [2.24, 2.45) is 5.73 Å². The van der Waals surface area contributed by atoms with Crippen molar-refractivity contribution in [3.63, 3.8) is 0 Å². The Hall–Kier alpha value is -2.99. The molecule has 12 heteroatoms. The maximum atomic E-state index is 13.6. The lowest BCUT2D eigenvalue weighted by Gasteiger charge is -2.38. The fourth-order valence-electron chi connectivity index (χ4n) is 3.69. The summed E-state index contributed by atoms with van der Waals surface area (Å²) < 4.78 is 79.3. The van der Waals surface area contributed by atoms with Crippen LogP contribution in [0.1, 0.15) is 46.6 Å². The highest BCUT2D eigenvalue weighted by atomic mass is 32.2. The minimum Gasteiger partial charge on any atom is -0.486 e. The summed E-state index contributed by atoms with van der Waals surface area (Å²) >= 11 is 0. The van der Waals surface area contributed by atoms with Gasteiger partial charge in [0.15, 0.2) is 0 Å². The number of benzene rings is 2. The molecule has 3 rings (SSSR count). The number of sulfonamides is 1. The molecule has 0 radical (unpaired) electrons. The highest BCUT2D eigenvalue weighted by molar-refractivity contribution is 7.92. The van der Waals surface area contributed by atoms with E-state index in [1.807, 2.05) is 0 Å². The highest BCUT2D eigenvalue weighted by Gasteiger charge is 2.38. The lowest BCUT2D eigenvalue weighted by atomic mass is 9.97. The molecule has 0 bridgehead atoms. The van der Waals surface area contributed by atoms with Crippen LogP contribution in [0, 0.1) is 0 Å². The molecule has 0 saturated heterocycles. The van der Waals surface area contributed by atoms with Gasteiger partial charge in [0.1, 0.15) is 17.5 Å². The summed E-state index contributed by atoms with van der Waals surface area (Å²) in [6, 6.07) is 7.89. The Morgan fingerprint density at radius 3 is 2.39 bits per heavy atom. The summed E-state index contributed by atoms with van der Waals surface area (Å²) in [6.45, 7) is 8.39. The monoisotopic (exact) mass is 529 g/mol. The molecule has 36 heavy (non-hydrogen) atoms. The van der Waals surface area contributed by atoms with Crippen molar-refractivity contribution in [2.75, 3.05) is 16.2 Å². The van der Waals surface area contributed by atoms with E-state index < -0.39 is 50.0 Å². The van der Waals surface area contributed by atoms with Gasteiger partial charge in [-0.1, -0.05) is 6.07 Å². The van der Waals surface area contributed by atoms with Crippen LogP contribution in [0.5, 0.6) is 5.75 Å². The number of anilines is 2. The van der Waals surface area contributed by atoms with E-state index in [4.69, 9.17) is 15.2 Å². The zero-order valence-electron chi connectivity index (χ0n) is 20.6. The Kier molecular flexibility index (Phi) is 7.26. The predicted molar refractivity (Wildman–Crippen MR) is 130 cm³/mol. The molecule has 8 nitrogen and oxygen atoms in total. The molecule has 0 spiro atoms. The van der Waals surface area contributed by atoms with Crippen molar-refractivity contribution in [1.29, 1.82) is 0 Å². The van der Waals surface area contributed by atoms with E-state index in [-0.39, 0.29) is 30.1 Å². The number of nitrogens with one attached hydrogen (secondary N) is 1. The predicted octanol–water partition coefficient (Wildman–Crippen LogP) is 5.14. The normalized spacial score (nSPS) is 16.7. The van der Waals surface area contributed by atoms with Crippen molar-refractivity contribution < 1.29 is 35.9 Å². The SMILES string of the molecule is CC(C)(N)C[C@@H]1CN(S(=O)(=O)c2cccc(C(F)(F)F)c2)c2cc(NC(=O)OC(C)(C)C)ccc2O1. The molecular formula is C24H30F3N3O5S. The number of hydrogen-bond acceptors (Lipinski definition) is 6. The number of halogens is 3. The summed E-state index contributed by atoms with van der Waals surface area (Å²) in [7, 11) is -4.45. The number of fused-ring (bicyclic) bond motifs is 1. The first-order valence-electron chi connectivity index (χ1n) is 11.1. The molecule has 1 aliphatic rings. The molecule has 3 N–H and O–H groups in total. The van der Waals surface area contributed by atoms with Crippen LogP contribution in [-0.2, 0) is 20.9 Å². The quantitative estimate of drug-likeness (QED) is 0.555. The van der Waals surface area contributed by atoms with Gasteiger partial charge >= 0.3 is 12.3 Å². The fourth-order valence-corrected chi connectivity index (χ4v) is 5.24. The van der Waals surface area contributed by atoms with Crippen molar-refractivity contribution >= 4 is 27.5 Å². The lowest BCUT2D eigenvalue weighted by Crippen LogP contribution is -2.48. The zero-order chi connectivity index (χ0) is 27.1. The van der Waals surface area contributed by atoms with Gasteiger partial charge < -0.3 is 15.2 Å². The molecule has 2 aromatic carbocycles. The Bertz CT molecular complexity index is 1230. The van der Waals surface area contributed by atoms with Crippen LogP contribution in [-0.4, -0.2) is 38.3 Å². The van der Waals surface area contributed by atoms with E-state index in [2.05, 4.69) is 5.32 Å². The van der Waals surface area contributed by atoms with Crippen LogP contribution >= 0.6 is 0 Å². The van der Waals surface area contributed by atoms with Crippen LogP contribution < -0.4 is 20.1 Å². The maximum Gasteiger partial charge on any atom is 0.416 e. The minimum atomic E-state index is -4.72. The molecule has 198 valence electrons. The van der Waals surface area contributed by atoms with Gasteiger partial charge in [-0.05, 0) is 71.0 Å². The van der Waals surface area contributed by atoms with Gasteiger partial charge in [0.05, 0.1) is 22.7 Å². The first kappa shape index (κ1) is 27.6. The van der Waals surface area contributed by atoms with E-state index in [1.54, 1.807) is 34.6 Å². The van der Waals surface area contributed by atoms with Crippen LogP contribution in [0.25, 0.3) is 0 Å². The average Bonchev–Trinajstić information content (AvgIpc) is 2.70. The van der Waals surface area contributed by atoms with Gasteiger partial charge in [0, 0.05) is 17.6 Å².